The van der Waals surface area contributed by atoms with E-state index in [1.807, 2.05) is 32.0 Å². The highest BCUT2D eigenvalue weighted by atomic mass is 32.2. The maximum Gasteiger partial charge on any atom is 0.291 e. The summed E-state index contributed by atoms with van der Waals surface area (Å²) < 4.78 is 38.7. The number of benzene rings is 2. The van der Waals surface area contributed by atoms with Gasteiger partial charge in [-0.1, -0.05) is 18.2 Å². The third kappa shape index (κ3) is 5.41. The number of aryl methyl sites for hydroxylation is 2. The SMILES string of the molecule is Cc1cccc(C)c1OCc1ccc(C(=O)Nc2ccc(S(=O)(=O)Nc3nccs3)cc2)o1. The van der Waals surface area contributed by atoms with Gasteiger partial charge in [-0.25, -0.2) is 13.4 Å². The minimum absolute atomic E-state index is 0.0552. The van der Waals surface area contributed by atoms with E-state index in [9.17, 15) is 13.2 Å². The van der Waals surface area contributed by atoms with Gasteiger partial charge < -0.3 is 14.5 Å². The van der Waals surface area contributed by atoms with Crippen LogP contribution in [0.3, 0.4) is 0 Å². The third-order valence-electron chi connectivity index (χ3n) is 4.73. The average Bonchev–Trinajstić information content (AvgIpc) is 3.46. The van der Waals surface area contributed by atoms with Gasteiger partial charge in [0.05, 0.1) is 4.90 Å². The van der Waals surface area contributed by atoms with E-state index >= 15 is 0 Å². The molecule has 0 unspecified atom stereocenters. The van der Waals surface area contributed by atoms with E-state index in [0.29, 0.717) is 11.4 Å². The second-order valence-corrected chi connectivity index (χ2v) is 9.77. The van der Waals surface area contributed by atoms with Crippen molar-refractivity contribution in [1.29, 1.82) is 0 Å². The summed E-state index contributed by atoms with van der Waals surface area (Å²) in [6.45, 7) is 4.13. The first-order valence-electron chi connectivity index (χ1n) is 9.93. The van der Waals surface area contributed by atoms with Crippen LogP contribution >= 0.6 is 11.3 Å². The predicted molar refractivity (Wildman–Crippen MR) is 126 cm³/mol. The lowest BCUT2D eigenvalue weighted by molar-refractivity contribution is 0.0992. The van der Waals surface area contributed by atoms with Crippen molar-refractivity contribution in [2.75, 3.05) is 10.0 Å². The zero-order valence-electron chi connectivity index (χ0n) is 17.9. The number of thiazole rings is 1. The number of furan rings is 1. The van der Waals surface area contributed by atoms with Crippen molar-refractivity contribution in [1.82, 2.24) is 4.98 Å². The number of rotatable bonds is 8. The van der Waals surface area contributed by atoms with Crippen LogP contribution in [0.5, 0.6) is 5.75 Å². The minimum atomic E-state index is -3.76. The number of carbonyl (C=O) groups is 1. The van der Waals surface area contributed by atoms with Crippen molar-refractivity contribution >= 4 is 38.1 Å². The molecule has 2 aromatic heterocycles. The number of anilines is 2. The Kier molecular flexibility index (Phi) is 6.47. The Morgan fingerprint density at radius 2 is 1.79 bits per heavy atom. The van der Waals surface area contributed by atoms with Gasteiger partial charge in [0.25, 0.3) is 15.9 Å². The summed E-state index contributed by atoms with van der Waals surface area (Å²) in [5.41, 5.74) is 2.47. The van der Waals surface area contributed by atoms with Crippen LogP contribution in [-0.4, -0.2) is 19.3 Å². The number of nitrogens with zero attached hydrogens (tertiary/aromatic N) is 1. The highest BCUT2D eigenvalue weighted by Crippen LogP contribution is 2.24. The second-order valence-electron chi connectivity index (χ2n) is 7.20. The van der Waals surface area contributed by atoms with E-state index in [1.165, 1.54) is 41.8 Å². The summed E-state index contributed by atoms with van der Waals surface area (Å²) in [4.78, 5) is 16.5. The van der Waals surface area contributed by atoms with Crippen molar-refractivity contribution in [3.05, 3.63) is 88.8 Å². The number of sulfonamides is 1. The number of ether oxygens (including phenoxy) is 1. The maximum absolute atomic E-state index is 12.5. The molecule has 0 saturated heterocycles. The molecule has 0 aliphatic carbocycles. The first-order valence-corrected chi connectivity index (χ1v) is 12.3. The lowest BCUT2D eigenvalue weighted by atomic mass is 10.1. The molecule has 0 atom stereocenters. The van der Waals surface area contributed by atoms with Crippen molar-refractivity contribution in [3.63, 3.8) is 0 Å². The average molecular weight is 484 g/mol. The van der Waals surface area contributed by atoms with Gasteiger partial charge in [-0.05, 0) is 61.4 Å². The van der Waals surface area contributed by atoms with Crippen LogP contribution in [0.4, 0.5) is 10.8 Å². The molecule has 10 heteroatoms. The van der Waals surface area contributed by atoms with Crippen LogP contribution in [0.25, 0.3) is 0 Å². The molecular formula is C23H21N3O5S2. The molecule has 0 fully saturated rings. The molecule has 4 aromatic rings. The Labute approximate surface area is 195 Å². The lowest BCUT2D eigenvalue weighted by Crippen LogP contribution is -2.13. The van der Waals surface area contributed by atoms with Gasteiger partial charge in [0.15, 0.2) is 10.9 Å². The zero-order chi connectivity index (χ0) is 23.4. The Hall–Kier alpha value is -3.63. The summed E-state index contributed by atoms with van der Waals surface area (Å²) in [6.07, 6.45) is 1.51. The monoisotopic (exact) mass is 483 g/mol. The molecule has 33 heavy (non-hydrogen) atoms. The molecule has 4 rings (SSSR count). The van der Waals surface area contributed by atoms with Gasteiger partial charge in [-0.3, -0.25) is 9.52 Å². The lowest BCUT2D eigenvalue weighted by Gasteiger charge is -2.10. The van der Waals surface area contributed by atoms with Crippen molar-refractivity contribution < 1.29 is 22.4 Å². The number of amides is 1. The Balaban J connectivity index is 1.37. The molecule has 8 nitrogen and oxygen atoms in total. The minimum Gasteiger partial charge on any atom is -0.485 e. The molecule has 2 N–H and O–H groups in total. The smallest absolute Gasteiger partial charge is 0.291 e. The van der Waals surface area contributed by atoms with E-state index in [0.717, 1.165) is 16.9 Å². The molecular weight excluding hydrogens is 462 g/mol. The standard InChI is InChI=1S/C23H21N3O5S2/c1-15-4-3-5-16(2)21(15)30-14-18-8-11-20(31-18)22(27)25-17-6-9-19(10-7-17)33(28,29)26-23-24-12-13-32-23/h3-13H,14H2,1-2H3,(H,24,26)(H,25,27). The highest BCUT2D eigenvalue weighted by molar-refractivity contribution is 7.93. The zero-order valence-corrected chi connectivity index (χ0v) is 19.5. The quantitative estimate of drug-likeness (QED) is 0.365. The molecule has 0 aliphatic rings. The number of carbonyl (C=O) groups excluding carboxylic acids is 1. The fourth-order valence-corrected chi connectivity index (χ4v) is 4.89. The summed E-state index contributed by atoms with van der Waals surface area (Å²) in [5, 5.41) is 4.64. The van der Waals surface area contributed by atoms with E-state index in [-0.39, 0.29) is 22.4 Å². The van der Waals surface area contributed by atoms with Crippen LogP contribution in [0, 0.1) is 13.8 Å². The topological polar surface area (TPSA) is 111 Å². The van der Waals surface area contributed by atoms with Crippen LogP contribution in [0.2, 0.25) is 0 Å². The highest BCUT2D eigenvalue weighted by Gasteiger charge is 2.17. The molecule has 2 aromatic carbocycles. The Morgan fingerprint density at radius 1 is 1.06 bits per heavy atom. The van der Waals surface area contributed by atoms with Gasteiger partial charge >= 0.3 is 0 Å². The molecule has 0 aliphatic heterocycles. The summed E-state index contributed by atoms with van der Waals surface area (Å²) >= 11 is 1.18. The van der Waals surface area contributed by atoms with Crippen LogP contribution < -0.4 is 14.8 Å². The Bertz CT molecular complexity index is 1340. The fourth-order valence-electron chi connectivity index (χ4n) is 3.11. The van der Waals surface area contributed by atoms with E-state index in [1.54, 1.807) is 17.5 Å². The van der Waals surface area contributed by atoms with E-state index in [2.05, 4.69) is 15.0 Å². The number of hydrogen-bond acceptors (Lipinski definition) is 7. The molecule has 0 bridgehead atoms. The summed E-state index contributed by atoms with van der Waals surface area (Å²) in [6, 6.07) is 15.0. The van der Waals surface area contributed by atoms with Crippen molar-refractivity contribution in [3.8, 4) is 5.75 Å². The van der Waals surface area contributed by atoms with Crippen molar-refractivity contribution in [2.24, 2.45) is 0 Å². The number of para-hydroxylation sites is 1. The Morgan fingerprint density at radius 3 is 2.45 bits per heavy atom. The summed E-state index contributed by atoms with van der Waals surface area (Å²) in [5.74, 6) is 0.971. The number of hydrogen-bond donors (Lipinski definition) is 2. The van der Waals surface area contributed by atoms with Crippen LogP contribution in [-0.2, 0) is 16.6 Å². The largest absolute Gasteiger partial charge is 0.485 e. The van der Waals surface area contributed by atoms with E-state index in [4.69, 9.17) is 9.15 Å². The van der Waals surface area contributed by atoms with Gasteiger partial charge in [0, 0.05) is 17.3 Å². The molecule has 0 radical (unpaired) electrons. The molecule has 170 valence electrons. The van der Waals surface area contributed by atoms with Gasteiger partial charge in [0.1, 0.15) is 18.1 Å². The normalized spacial score (nSPS) is 11.2. The molecule has 0 spiro atoms. The van der Waals surface area contributed by atoms with Crippen LogP contribution in [0.1, 0.15) is 27.4 Å². The fraction of sp³-hybridized carbons (Fsp3) is 0.130. The first kappa shape index (κ1) is 22.6. The number of nitrogens with one attached hydrogen (secondary N) is 2. The maximum atomic E-state index is 12.5. The van der Waals surface area contributed by atoms with Gasteiger partial charge in [0.2, 0.25) is 0 Å². The first-order chi connectivity index (χ1) is 15.8. The van der Waals surface area contributed by atoms with E-state index < -0.39 is 15.9 Å². The molecule has 0 saturated carbocycles. The summed E-state index contributed by atoms with van der Waals surface area (Å²) in [7, 11) is -3.76. The van der Waals surface area contributed by atoms with Crippen molar-refractivity contribution in [2.45, 2.75) is 25.3 Å². The number of aromatic nitrogens is 1. The predicted octanol–water partition coefficient (Wildman–Crippen LogP) is 4.99. The third-order valence-corrected chi connectivity index (χ3v) is 6.90. The molecule has 1 amide bonds. The molecule has 2 heterocycles. The van der Waals surface area contributed by atoms with Crippen LogP contribution in [0.15, 0.2) is 75.5 Å². The second kappa shape index (κ2) is 9.47. The van der Waals surface area contributed by atoms with Gasteiger partial charge in [-0.15, -0.1) is 11.3 Å². The van der Waals surface area contributed by atoms with Gasteiger partial charge in [-0.2, -0.15) is 0 Å².